The second-order valence-corrected chi connectivity index (χ2v) is 8.08. The molecule has 0 atom stereocenters. The molecular weight excluding hydrogens is 344 g/mol. The van der Waals surface area contributed by atoms with E-state index in [2.05, 4.69) is 9.98 Å². The lowest BCUT2D eigenvalue weighted by atomic mass is 9.87. The number of nitrogens with two attached hydrogens (primary N) is 2. The van der Waals surface area contributed by atoms with Gasteiger partial charge in [-0.3, -0.25) is 9.69 Å². The van der Waals surface area contributed by atoms with Crippen LogP contribution < -0.4 is 21.1 Å². The van der Waals surface area contributed by atoms with Crippen molar-refractivity contribution in [2.24, 2.45) is 21.5 Å². The summed E-state index contributed by atoms with van der Waals surface area (Å²) in [6.45, 7) is 0. The fourth-order valence-electron chi connectivity index (χ4n) is 3.80. The van der Waals surface area contributed by atoms with Crippen molar-refractivity contribution in [3.8, 4) is 0 Å². The minimum Gasteiger partial charge on any atom is -0.369 e. The Morgan fingerprint density at radius 3 is 2.60 bits per heavy atom. The van der Waals surface area contributed by atoms with Crippen LogP contribution in [0.3, 0.4) is 0 Å². The number of nitrogens with one attached hydrogen (secondary N) is 1. The lowest BCUT2D eigenvalue weighted by Crippen LogP contribution is -2.58. The van der Waals surface area contributed by atoms with Crippen molar-refractivity contribution in [1.29, 1.82) is 0 Å². The van der Waals surface area contributed by atoms with Crippen LogP contribution in [-0.4, -0.2) is 31.9 Å². The van der Waals surface area contributed by atoms with Crippen LogP contribution in [0.5, 0.6) is 0 Å². The highest BCUT2D eigenvalue weighted by Gasteiger charge is 2.43. The molecular formula is C15H18N6O3S. The molecule has 10 heteroatoms. The topological polar surface area (TPSA) is 143 Å². The van der Waals surface area contributed by atoms with E-state index in [1.165, 1.54) is 12.1 Å². The first-order chi connectivity index (χ1) is 11.8. The highest BCUT2D eigenvalue weighted by molar-refractivity contribution is 7.90. The van der Waals surface area contributed by atoms with Crippen molar-refractivity contribution in [2.45, 2.75) is 42.7 Å². The molecule has 4 rings (SSSR count). The molecule has 1 aliphatic carbocycles. The smallest absolute Gasteiger partial charge is 0.266 e. The number of hydrogen-bond donors (Lipinski definition) is 3. The molecule has 1 saturated carbocycles. The van der Waals surface area contributed by atoms with Gasteiger partial charge in [0.15, 0.2) is 0 Å². The fourth-order valence-corrected chi connectivity index (χ4v) is 4.95. The summed E-state index contributed by atoms with van der Waals surface area (Å²) in [6.07, 6.45) is 4.56. The van der Waals surface area contributed by atoms with Gasteiger partial charge in [0, 0.05) is 5.69 Å². The van der Waals surface area contributed by atoms with E-state index in [0.29, 0.717) is 5.69 Å². The molecule has 5 N–H and O–H groups in total. The lowest BCUT2D eigenvalue weighted by Gasteiger charge is -2.45. The van der Waals surface area contributed by atoms with E-state index in [1.54, 1.807) is 11.0 Å². The predicted octanol–water partition coefficient (Wildman–Crippen LogP) is 0.229. The Labute approximate surface area is 144 Å². The van der Waals surface area contributed by atoms with E-state index in [1.807, 2.05) is 4.72 Å². The summed E-state index contributed by atoms with van der Waals surface area (Å²) in [5.74, 6) is -0.321. The maximum atomic E-state index is 12.0. The van der Waals surface area contributed by atoms with E-state index in [4.69, 9.17) is 11.5 Å². The molecule has 2 heterocycles. The molecule has 0 unspecified atom stereocenters. The Balaban J connectivity index is 1.84. The van der Waals surface area contributed by atoms with E-state index in [9.17, 15) is 13.2 Å². The van der Waals surface area contributed by atoms with Gasteiger partial charge in [-0.1, -0.05) is 6.42 Å². The molecule has 9 nitrogen and oxygen atoms in total. The van der Waals surface area contributed by atoms with Gasteiger partial charge >= 0.3 is 0 Å². The Kier molecular flexibility index (Phi) is 3.29. The first kappa shape index (κ1) is 15.9. The monoisotopic (exact) mass is 362 g/mol. The SMILES string of the molecule is NC1=NC2(CCCCC2)N(c2ccc3c(c2)C(=O)NS3(=O)=O)C(N)=N1. The van der Waals surface area contributed by atoms with E-state index >= 15 is 0 Å². The zero-order chi connectivity index (χ0) is 17.8. The van der Waals surface area contributed by atoms with Gasteiger partial charge < -0.3 is 11.5 Å². The normalized spacial score (nSPS) is 23.7. The molecule has 25 heavy (non-hydrogen) atoms. The van der Waals surface area contributed by atoms with Crippen molar-refractivity contribution in [3.05, 3.63) is 23.8 Å². The molecule has 1 amide bonds. The summed E-state index contributed by atoms with van der Waals surface area (Å²) in [6, 6.07) is 4.54. The lowest BCUT2D eigenvalue weighted by molar-refractivity contribution is 0.0985. The highest BCUT2D eigenvalue weighted by Crippen LogP contribution is 2.40. The predicted molar refractivity (Wildman–Crippen MR) is 92.6 cm³/mol. The zero-order valence-electron chi connectivity index (χ0n) is 13.4. The maximum Gasteiger partial charge on any atom is 0.266 e. The number of guanidine groups is 2. The summed E-state index contributed by atoms with van der Waals surface area (Å²) in [7, 11) is -3.79. The fraction of sp³-hybridized carbons (Fsp3) is 0.400. The number of sulfonamides is 1. The maximum absolute atomic E-state index is 12.0. The Hall–Kier alpha value is -2.62. The Bertz CT molecular complexity index is 931. The van der Waals surface area contributed by atoms with Crippen LogP contribution in [0.25, 0.3) is 0 Å². The van der Waals surface area contributed by atoms with Gasteiger partial charge in [0.1, 0.15) is 10.6 Å². The molecule has 1 spiro atoms. The molecule has 1 aromatic rings. The molecule has 0 bridgehead atoms. The quantitative estimate of drug-likeness (QED) is 0.652. The van der Waals surface area contributed by atoms with Gasteiger partial charge in [0.05, 0.1) is 5.56 Å². The van der Waals surface area contributed by atoms with Crippen molar-refractivity contribution in [2.75, 3.05) is 4.90 Å². The average Bonchev–Trinajstić information content (AvgIpc) is 2.76. The van der Waals surface area contributed by atoms with Gasteiger partial charge in [0.25, 0.3) is 15.9 Å². The number of rotatable bonds is 1. The standard InChI is InChI=1S/C15H18N6O3S/c16-13-18-14(17)21(15(19-13)6-2-1-3-7-15)9-4-5-11-10(8-9)12(22)20-25(11,23)24/h4-5,8H,1-3,6-7H2,(H,20,22)(H4,16,17,18,19). The van der Waals surface area contributed by atoms with Crippen LogP contribution in [0.1, 0.15) is 42.5 Å². The third-order valence-corrected chi connectivity index (χ3v) is 6.22. The molecule has 1 aromatic carbocycles. The van der Waals surface area contributed by atoms with Crippen molar-refractivity contribution in [3.63, 3.8) is 0 Å². The first-order valence-electron chi connectivity index (χ1n) is 8.03. The van der Waals surface area contributed by atoms with Crippen LogP contribution in [0.4, 0.5) is 5.69 Å². The van der Waals surface area contributed by atoms with Crippen LogP contribution in [-0.2, 0) is 10.0 Å². The number of benzene rings is 1. The van der Waals surface area contributed by atoms with Crippen molar-refractivity contribution >= 4 is 33.5 Å². The number of amides is 1. The number of anilines is 1. The van der Waals surface area contributed by atoms with E-state index in [0.717, 1.165) is 32.1 Å². The van der Waals surface area contributed by atoms with Crippen molar-refractivity contribution < 1.29 is 13.2 Å². The average molecular weight is 362 g/mol. The summed E-state index contributed by atoms with van der Waals surface area (Å²) in [5, 5.41) is 0. The van der Waals surface area contributed by atoms with E-state index < -0.39 is 21.6 Å². The minimum absolute atomic E-state index is 0.0329. The number of carbonyl (C=O) groups is 1. The number of carbonyl (C=O) groups excluding carboxylic acids is 1. The molecule has 1 fully saturated rings. The van der Waals surface area contributed by atoms with Gasteiger partial charge in [-0.2, -0.15) is 4.99 Å². The first-order valence-corrected chi connectivity index (χ1v) is 9.52. The molecule has 0 saturated heterocycles. The van der Waals surface area contributed by atoms with Crippen LogP contribution in [0, 0.1) is 0 Å². The summed E-state index contributed by atoms with van der Waals surface area (Å²) in [5.41, 5.74) is 12.0. The molecule has 0 aromatic heterocycles. The Morgan fingerprint density at radius 2 is 1.88 bits per heavy atom. The van der Waals surface area contributed by atoms with Crippen LogP contribution >= 0.6 is 0 Å². The van der Waals surface area contributed by atoms with Gasteiger partial charge in [-0.05, 0) is 43.9 Å². The van der Waals surface area contributed by atoms with Gasteiger partial charge in [-0.15, -0.1) is 0 Å². The summed E-state index contributed by atoms with van der Waals surface area (Å²) >= 11 is 0. The largest absolute Gasteiger partial charge is 0.369 e. The third kappa shape index (κ3) is 2.36. The third-order valence-electron chi connectivity index (χ3n) is 4.83. The van der Waals surface area contributed by atoms with Gasteiger partial charge in [-0.25, -0.2) is 18.1 Å². The number of aliphatic imine (C=N–C) groups is 2. The van der Waals surface area contributed by atoms with Crippen LogP contribution in [0.15, 0.2) is 33.1 Å². The summed E-state index contributed by atoms with van der Waals surface area (Å²) < 4.78 is 25.8. The minimum atomic E-state index is -3.79. The molecule has 0 radical (unpaired) electrons. The molecule has 132 valence electrons. The zero-order valence-corrected chi connectivity index (χ0v) is 14.2. The van der Waals surface area contributed by atoms with Crippen LogP contribution in [0.2, 0.25) is 0 Å². The second-order valence-electron chi connectivity index (χ2n) is 6.43. The summed E-state index contributed by atoms with van der Waals surface area (Å²) in [4.78, 5) is 22.3. The molecule has 3 aliphatic rings. The van der Waals surface area contributed by atoms with Crippen molar-refractivity contribution in [1.82, 2.24) is 4.72 Å². The highest BCUT2D eigenvalue weighted by atomic mass is 32.2. The Morgan fingerprint density at radius 1 is 1.16 bits per heavy atom. The number of hydrogen-bond acceptors (Lipinski definition) is 8. The number of nitrogens with zero attached hydrogens (tertiary/aromatic N) is 3. The van der Waals surface area contributed by atoms with Gasteiger partial charge in [0.2, 0.25) is 11.9 Å². The molecule has 2 aliphatic heterocycles. The number of fused-ring (bicyclic) bond motifs is 1. The second kappa shape index (κ2) is 5.19. The van der Waals surface area contributed by atoms with E-state index in [-0.39, 0.29) is 22.4 Å².